The number of aromatic amines is 1. The SMILES string of the molecule is CCOCc1nc2c(N)nc3cc(Cc4ccc(CC#N)cc4)ccc3c2[nH]1. The molecule has 0 fully saturated rings. The molecule has 140 valence electrons. The lowest BCUT2D eigenvalue weighted by molar-refractivity contribution is 0.129. The van der Waals surface area contributed by atoms with Gasteiger partial charge in [0.2, 0.25) is 0 Å². The Morgan fingerprint density at radius 1 is 1.07 bits per heavy atom. The first-order chi connectivity index (χ1) is 13.7. The molecular formula is C22H21N5O. The van der Waals surface area contributed by atoms with Crippen LogP contribution in [-0.4, -0.2) is 21.6 Å². The molecule has 6 nitrogen and oxygen atoms in total. The molecule has 2 heterocycles. The maximum absolute atomic E-state index is 8.79. The van der Waals surface area contributed by atoms with Crippen LogP contribution in [-0.2, 0) is 24.2 Å². The van der Waals surface area contributed by atoms with Crippen LogP contribution in [0.1, 0.15) is 29.4 Å². The van der Waals surface area contributed by atoms with Crippen LogP contribution in [0.3, 0.4) is 0 Å². The summed E-state index contributed by atoms with van der Waals surface area (Å²) in [4.78, 5) is 12.4. The van der Waals surface area contributed by atoms with Crippen molar-refractivity contribution in [2.24, 2.45) is 0 Å². The first-order valence-corrected chi connectivity index (χ1v) is 9.27. The van der Waals surface area contributed by atoms with Crippen molar-refractivity contribution in [2.45, 2.75) is 26.4 Å². The van der Waals surface area contributed by atoms with Gasteiger partial charge in [-0.3, -0.25) is 0 Å². The summed E-state index contributed by atoms with van der Waals surface area (Å²) in [5, 5.41) is 9.78. The molecule has 0 unspecified atom stereocenters. The van der Waals surface area contributed by atoms with Gasteiger partial charge in [0.1, 0.15) is 17.9 Å². The Bertz CT molecular complexity index is 1170. The van der Waals surface area contributed by atoms with Crippen LogP contribution < -0.4 is 5.73 Å². The van der Waals surface area contributed by atoms with Gasteiger partial charge in [-0.2, -0.15) is 5.26 Å². The van der Waals surface area contributed by atoms with E-state index in [0.29, 0.717) is 31.0 Å². The largest absolute Gasteiger partial charge is 0.382 e. The van der Waals surface area contributed by atoms with E-state index in [1.54, 1.807) is 0 Å². The number of nitrogen functional groups attached to an aromatic ring is 1. The number of hydrogen-bond donors (Lipinski definition) is 2. The third-order valence-electron chi connectivity index (χ3n) is 4.73. The molecule has 4 rings (SSSR count). The molecule has 28 heavy (non-hydrogen) atoms. The average Bonchev–Trinajstić information content (AvgIpc) is 3.13. The fraction of sp³-hybridized carbons (Fsp3) is 0.227. The lowest BCUT2D eigenvalue weighted by atomic mass is 10.0. The van der Waals surface area contributed by atoms with E-state index in [4.69, 9.17) is 15.7 Å². The van der Waals surface area contributed by atoms with Crippen LogP contribution in [0.25, 0.3) is 21.9 Å². The molecule has 0 atom stereocenters. The number of nitrogens with one attached hydrogen (secondary N) is 1. The molecule has 0 bridgehead atoms. The third-order valence-corrected chi connectivity index (χ3v) is 4.73. The van der Waals surface area contributed by atoms with Crippen molar-refractivity contribution in [3.8, 4) is 6.07 Å². The van der Waals surface area contributed by atoms with Gasteiger partial charge in [0.25, 0.3) is 0 Å². The Kier molecular flexibility index (Phi) is 4.92. The second kappa shape index (κ2) is 7.67. The molecule has 0 saturated heterocycles. The molecule has 0 aliphatic heterocycles. The summed E-state index contributed by atoms with van der Waals surface area (Å²) in [5.41, 5.74) is 11.9. The number of ether oxygens (including phenoxy) is 1. The second-order valence-corrected chi connectivity index (χ2v) is 6.72. The van der Waals surface area contributed by atoms with E-state index >= 15 is 0 Å². The Balaban J connectivity index is 1.66. The van der Waals surface area contributed by atoms with Crippen molar-refractivity contribution in [3.63, 3.8) is 0 Å². The molecule has 0 amide bonds. The number of rotatable bonds is 6. The summed E-state index contributed by atoms with van der Waals surface area (Å²) >= 11 is 0. The highest BCUT2D eigenvalue weighted by atomic mass is 16.5. The monoisotopic (exact) mass is 371 g/mol. The van der Waals surface area contributed by atoms with E-state index in [2.05, 4.69) is 51.4 Å². The molecule has 2 aromatic carbocycles. The average molecular weight is 371 g/mol. The molecule has 0 spiro atoms. The van der Waals surface area contributed by atoms with Gasteiger partial charge in [-0.15, -0.1) is 0 Å². The zero-order valence-corrected chi connectivity index (χ0v) is 15.7. The van der Waals surface area contributed by atoms with E-state index < -0.39 is 0 Å². The van der Waals surface area contributed by atoms with Crippen LogP contribution >= 0.6 is 0 Å². The van der Waals surface area contributed by atoms with E-state index in [9.17, 15) is 0 Å². The van der Waals surface area contributed by atoms with Gasteiger partial charge < -0.3 is 15.5 Å². The van der Waals surface area contributed by atoms with Crippen molar-refractivity contribution in [1.29, 1.82) is 5.26 Å². The van der Waals surface area contributed by atoms with Crippen LogP contribution in [0.4, 0.5) is 5.82 Å². The van der Waals surface area contributed by atoms with Crippen molar-refractivity contribution < 1.29 is 4.74 Å². The maximum atomic E-state index is 8.79. The number of nitriles is 1. The number of H-pyrrole nitrogens is 1. The fourth-order valence-electron chi connectivity index (χ4n) is 3.35. The summed E-state index contributed by atoms with van der Waals surface area (Å²) in [7, 11) is 0. The highest BCUT2D eigenvalue weighted by Crippen LogP contribution is 2.27. The zero-order valence-electron chi connectivity index (χ0n) is 15.7. The number of nitrogens with zero attached hydrogens (tertiary/aromatic N) is 3. The number of hydrogen-bond acceptors (Lipinski definition) is 5. The van der Waals surface area contributed by atoms with Crippen LogP contribution in [0, 0.1) is 11.3 Å². The number of benzene rings is 2. The number of imidazole rings is 1. The number of aromatic nitrogens is 3. The van der Waals surface area contributed by atoms with Crippen molar-refractivity contribution in [1.82, 2.24) is 15.0 Å². The predicted octanol–water partition coefficient (Wildman–Crippen LogP) is 3.89. The number of nitrogens with two attached hydrogens (primary N) is 1. The van der Waals surface area contributed by atoms with Crippen molar-refractivity contribution in [2.75, 3.05) is 12.3 Å². The van der Waals surface area contributed by atoms with E-state index in [1.165, 1.54) is 5.56 Å². The normalized spacial score (nSPS) is 11.1. The fourth-order valence-corrected chi connectivity index (χ4v) is 3.35. The standard InChI is InChI=1S/C22H21N5O/c1-2-28-13-19-26-20-17-8-7-16(12-18(17)25-22(24)21(20)27-19)11-15-5-3-14(4-6-15)9-10-23/h3-8,12H,2,9,11,13H2,1H3,(H2,24,25)(H,26,27). The summed E-state index contributed by atoms with van der Waals surface area (Å²) in [6.45, 7) is 3.00. The quantitative estimate of drug-likeness (QED) is 0.535. The summed E-state index contributed by atoms with van der Waals surface area (Å²) in [5.74, 6) is 1.17. The Labute approximate surface area is 163 Å². The maximum Gasteiger partial charge on any atom is 0.152 e. The molecule has 0 radical (unpaired) electrons. The lowest BCUT2D eigenvalue weighted by Crippen LogP contribution is -1.95. The Morgan fingerprint density at radius 2 is 1.82 bits per heavy atom. The van der Waals surface area contributed by atoms with E-state index in [1.807, 2.05) is 19.1 Å². The summed E-state index contributed by atoms with van der Waals surface area (Å²) in [6, 6.07) is 16.5. The smallest absolute Gasteiger partial charge is 0.152 e. The van der Waals surface area contributed by atoms with Gasteiger partial charge in [0.15, 0.2) is 5.82 Å². The topological polar surface area (TPSA) is 101 Å². The van der Waals surface area contributed by atoms with E-state index in [0.717, 1.165) is 39.8 Å². The van der Waals surface area contributed by atoms with Crippen LogP contribution in [0.5, 0.6) is 0 Å². The van der Waals surface area contributed by atoms with Crippen molar-refractivity contribution >= 4 is 27.8 Å². The molecule has 0 aliphatic carbocycles. The third kappa shape index (κ3) is 3.53. The lowest BCUT2D eigenvalue weighted by Gasteiger charge is -2.06. The number of anilines is 1. The first-order valence-electron chi connectivity index (χ1n) is 9.27. The van der Waals surface area contributed by atoms with Crippen LogP contribution in [0.2, 0.25) is 0 Å². The number of fused-ring (bicyclic) bond motifs is 3. The van der Waals surface area contributed by atoms with Gasteiger partial charge in [0.05, 0.1) is 23.5 Å². The molecule has 0 aliphatic rings. The number of pyridine rings is 1. The molecule has 6 heteroatoms. The first kappa shape index (κ1) is 18.0. The van der Waals surface area contributed by atoms with Crippen molar-refractivity contribution in [3.05, 3.63) is 65.0 Å². The minimum atomic E-state index is 0.416. The highest BCUT2D eigenvalue weighted by molar-refractivity contribution is 6.06. The summed E-state index contributed by atoms with van der Waals surface area (Å²) in [6.07, 6.45) is 1.23. The van der Waals surface area contributed by atoms with Gasteiger partial charge in [-0.1, -0.05) is 36.4 Å². The molecule has 2 aromatic heterocycles. The highest BCUT2D eigenvalue weighted by Gasteiger charge is 2.12. The predicted molar refractivity (Wildman–Crippen MR) is 110 cm³/mol. The molecule has 3 N–H and O–H groups in total. The van der Waals surface area contributed by atoms with Gasteiger partial charge in [-0.25, -0.2) is 9.97 Å². The van der Waals surface area contributed by atoms with E-state index in [-0.39, 0.29) is 0 Å². The molecule has 4 aromatic rings. The molecular weight excluding hydrogens is 350 g/mol. The second-order valence-electron chi connectivity index (χ2n) is 6.72. The Morgan fingerprint density at radius 3 is 2.57 bits per heavy atom. The zero-order chi connectivity index (χ0) is 19.5. The van der Waals surface area contributed by atoms with Gasteiger partial charge >= 0.3 is 0 Å². The van der Waals surface area contributed by atoms with Crippen LogP contribution in [0.15, 0.2) is 42.5 Å². The minimum Gasteiger partial charge on any atom is -0.382 e. The van der Waals surface area contributed by atoms with Gasteiger partial charge in [0, 0.05) is 12.0 Å². The molecule has 0 saturated carbocycles. The Hall–Kier alpha value is -3.43. The van der Waals surface area contributed by atoms with Gasteiger partial charge in [-0.05, 0) is 36.1 Å². The minimum absolute atomic E-state index is 0.416. The summed E-state index contributed by atoms with van der Waals surface area (Å²) < 4.78 is 5.44.